The maximum absolute atomic E-state index is 5.05. The molecule has 0 bridgehead atoms. The van der Waals surface area contributed by atoms with Crippen molar-refractivity contribution in [1.29, 1.82) is 0 Å². The van der Waals surface area contributed by atoms with Crippen LogP contribution in [0.2, 0.25) is 0 Å². The first-order valence-electron chi connectivity index (χ1n) is 13.7. The average Bonchev–Trinajstić information content (AvgIpc) is 3.05. The summed E-state index contributed by atoms with van der Waals surface area (Å²) in [5.74, 6) is 0. The van der Waals surface area contributed by atoms with Gasteiger partial charge in [-0.25, -0.2) is 9.97 Å². The molecule has 0 spiro atoms. The van der Waals surface area contributed by atoms with Crippen molar-refractivity contribution in [2.75, 3.05) is 0 Å². The van der Waals surface area contributed by atoms with E-state index in [4.69, 9.17) is 9.97 Å². The van der Waals surface area contributed by atoms with Crippen molar-refractivity contribution in [1.82, 2.24) is 9.97 Å². The fourth-order valence-corrected chi connectivity index (χ4v) is 6.38. The Balaban J connectivity index is 1.04. The SMILES string of the molecule is c1ccc2c(c1)ccc1ccc(-c3ccc(Sc4ccc(-c5ccc6ccc7ccccc7c6n5)cc4)cc3)nc12. The average molecular weight is 541 g/mol. The molecule has 2 heterocycles. The van der Waals surface area contributed by atoms with Gasteiger partial charge in [-0.1, -0.05) is 121 Å². The maximum Gasteiger partial charge on any atom is 0.0787 e. The zero-order chi connectivity index (χ0) is 27.2. The molecule has 2 aromatic heterocycles. The topological polar surface area (TPSA) is 25.8 Å². The van der Waals surface area contributed by atoms with Crippen LogP contribution in [-0.4, -0.2) is 9.97 Å². The second kappa shape index (κ2) is 9.88. The molecule has 0 aliphatic carbocycles. The Kier molecular flexibility index (Phi) is 5.75. The molecule has 2 nitrogen and oxygen atoms in total. The molecule has 0 aliphatic rings. The number of nitrogens with zero attached hydrogens (tertiary/aromatic N) is 2. The van der Waals surface area contributed by atoms with E-state index in [1.165, 1.54) is 31.3 Å². The summed E-state index contributed by atoms with van der Waals surface area (Å²) in [7, 11) is 0. The molecule has 8 rings (SSSR count). The van der Waals surface area contributed by atoms with E-state index in [0.717, 1.165) is 44.3 Å². The van der Waals surface area contributed by atoms with Crippen molar-refractivity contribution >= 4 is 55.1 Å². The largest absolute Gasteiger partial charge is 0.247 e. The molecule has 0 saturated heterocycles. The van der Waals surface area contributed by atoms with Crippen LogP contribution in [0.5, 0.6) is 0 Å². The lowest BCUT2D eigenvalue weighted by Gasteiger charge is -2.08. The molecular weight excluding hydrogens is 516 g/mol. The number of hydrogen-bond acceptors (Lipinski definition) is 3. The molecular formula is C38H24N2S. The van der Waals surface area contributed by atoms with Crippen LogP contribution in [0, 0.1) is 0 Å². The zero-order valence-corrected chi connectivity index (χ0v) is 23.0. The van der Waals surface area contributed by atoms with Gasteiger partial charge in [0.05, 0.1) is 22.4 Å². The molecule has 8 aromatic rings. The van der Waals surface area contributed by atoms with Gasteiger partial charge in [-0.15, -0.1) is 0 Å². The van der Waals surface area contributed by atoms with E-state index >= 15 is 0 Å². The van der Waals surface area contributed by atoms with Crippen molar-refractivity contribution in [3.63, 3.8) is 0 Å². The van der Waals surface area contributed by atoms with Gasteiger partial charge in [-0.2, -0.15) is 0 Å². The van der Waals surface area contributed by atoms with E-state index < -0.39 is 0 Å². The van der Waals surface area contributed by atoms with Crippen molar-refractivity contribution in [2.24, 2.45) is 0 Å². The Morgan fingerprint density at radius 2 is 0.732 bits per heavy atom. The second-order valence-corrected chi connectivity index (χ2v) is 11.4. The van der Waals surface area contributed by atoms with Crippen molar-refractivity contribution < 1.29 is 0 Å². The van der Waals surface area contributed by atoms with Crippen LogP contribution in [0.15, 0.2) is 155 Å². The summed E-state index contributed by atoms with van der Waals surface area (Å²) in [6, 6.07) is 51.5. The Morgan fingerprint density at radius 1 is 0.341 bits per heavy atom. The Bertz CT molecular complexity index is 2060. The van der Waals surface area contributed by atoms with Crippen LogP contribution in [0.1, 0.15) is 0 Å². The molecule has 41 heavy (non-hydrogen) atoms. The van der Waals surface area contributed by atoms with Crippen molar-refractivity contribution in [3.05, 3.63) is 146 Å². The highest BCUT2D eigenvalue weighted by molar-refractivity contribution is 7.99. The van der Waals surface area contributed by atoms with Gasteiger partial charge in [0.25, 0.3) is 0 Å². The Morgan fingerprint density at radius 3 is 1.20 bits per heavy atom. The van der Waals surface area contributed by atoms with E-state index in [1.807, 2.05) is 0 Å². The number of pyridine rings is 2. The van der Waals surface area contributed by atoms with Gasteiger partial charge in [-0.05, 0) is 47.2 Å². The summed E-state index contributed by atoms with van der Waals surface area (Å²) in [5, 5.41) is 7.13. The van der Waals surface area contributed by atoms with Gasteiger partial charge < -0.3 is 0 Å². The van der Waals surface area contributed by atoms with Crippen LogP contribution >= 0.6 is 11.8 Å². The number of fused-ring (bicyclic) bond motifs is 6. The van der Waals surface area contributed by atoms with Gasteiger partial charge in [-0.3, -0.25) is 0 Å². The molecule has 192 valence electrons. The third kappa shape index (κ3) is 4.41. The van der Waals surface area contributed by atoms with E-state index in [9.17, 15) is 0 Å². The highest BCUT2D eigenvalue weighted by Crippen LogP contribution is 2.33. The second-order valence-electron chi connectivity index (χ2n) is 10.3. The third-order valence-electron chi connectivity index (χ3n) is 7.71. The van der Waals surface area contributed by atoms with Crippen LogP contribution in [0.25, 0.3) is 65.9 Å². The molecule has 0 N–H and O–H groups in total. The minimum atomic E-state index is 0.991. The molecule has 0 amide bonds. The van der Waals surface area contributed by atoms with E-state index in [2.05, 4.69) is 146 Å². The summed E-state index contributed by atoms with van der Waals surface area (Å²) in [6.45, 7) is 0. The quantitative estimate of drug-likeness (QED) is 0.208. The lowest BCUT2D eigenvalue weighted by atomic mass is 10.0. The lowest BCUT2D eigenvalue weighted by Crippen LogP contribution is -1.87. The van der Waals surface area contributed by atoms with Crippen molar-refractivity contribution in [3.8, 4) is 22.5 Å². The minimum absolute atomic E-state index is 0.991. The Hall–Kier alpha value is -4.99. The molecule has 0 atom stereocenters. The monoisotopic (exact) mass is 540 g/mol. The zero-order valence-electron chi connectivity index (χ0n) is 22.2. The van der Waals surface area contributed by atoms with Gasteiger partial charge in [0.15, 0.2) is 0 Å². The first-order chi connectivity index (χ1) is 20.3. The molecule has 0 fully saturated rings. The fraction of sp³-hybridized carbons (Fsp3) is 0. The smallest absolute Gasteiger partial charge is 0.0787 e. The fourth-order valence-electron chi connectivity index (χ4n) is 5.56. The highest BCUT2D eigenvalue weighted by Gasteiger charge is 2.08. The van der Waals surface area contributed by atoms with Gasteiger partial charge in [0, 0.05) is 42.5 Å². The normalized spacial score (nSPS) is 11.5. The standard InChI is InChI=1S/C38H24N2S/c1-3-7-33-25(5-1)9-11-29-17-23-35(39-37(29)33)27-13-19-31(20-14-27)41-32-21-15-28(16-22-32)36-24-18-30-12-10-26-6-2-4-8-34(26)38(30)40-36/h1-24H. The molecule has 0 radical (unpaired) electrons. The van der Waals surface area contributed by atoms with Gasteiger partial charge in [0.2, 0.25) is 0 Å². The van der Waals surface area contributed by atoms with E-state index in [-0.39, 0.29) is 0 Å². The highest BCUT2D eigenvalue weighted by atomic mass is 32.2. The summed E-state index contributed by atoms with van der Waals surface area (Å²) < 4.78 is 0. The van der Waals surface area contributed by atoms with Gasteiger partial charge >= 0.3 is 0 Å². The lowest BCUT2D eigenvalue weighted by molar-refractivity contribution is 1.36. The number of benzene rings is 6. The van der Waals surface area contributed by atoms with Gasteiger partial charge in [0.1, 0.15) is 0 Å². The molecule has 6 aromatic carbocycles. The van der Waals surface area contributed by atoms with Crippen LogP contribution in [-0.2, 0) is 0 Å². The van der Waals surface area contributed by atoms with Crippen LogP contribution < -0.4 is 0 Å². The molecule has 0 aliphatic heterocycles. The summed E-state index contributed by atoms with van der Waals surface area (Å²) in [6.07, 6.45) is 0. The van der Waals surface area contributed by atoms with Crippen LogP contribution in [0.3, 0.4) is 0 Å². The Labute approximate surface area is 242 Å². The number of hydrogen-bond donors (Lipinski definition) is 0. The number of aromatic nitrogens is 2. The van der Waals surface area contributed by atoms with Crippen LogP contribution in [0.4, 0.5) is 0 Å². The molecule has 0 saturated carbocycles. The molecule has 0 unspecified atom stereocenters. The summed E-state index contributed by atoms with van der Waals surface area (Å²) in [5.41, 5.74) is 6.32. The number of rotatable bonds is 4. The van der Waals surface area contributed by atoms with Crippen molar-refractivity contribution in [2.45, 2.75) is 9.79 Å². The predicted molar refractivity (Wildman–Crippen MR) is 173 cm³/mol. The maximum atomic E-state index is 5.05. The molecule has 3 heteroatoms. The first-order valence-corrected chi connectivity index (χ1v) is 14.6. The first kappa shape index (κ1) is 23.9. The van der Waals surface area contributed by atoms with E-state index in [1.54, 1.807) is 11.8 Å². The predicted octanol–water partition coefficient (Wildman–Crippen LogP) is 10.6. The summed E-state index contributed by atoms with van der Waals surface area (Å²) >= 11 is 1.76. The minimum Gasteiger partial charge on any atom is -0.247 e. The third-order valence-corrected chi connectivity index (χ3v) is 8.72. The van der Waals surface area contributed by atoms with E-state index in [0.29, 0.717) is 0 Å². The summed E-state index contributed by atoms with van der Waals surface area (Å²) in [4.78, 5) is 12.5.